The molecule has 4 N–H and O–H groups in total. The number of hydrogen-bond acceptors (Lipinski definition) is 3. The van der Waals surface area contributed by atoms with E-state index >= 15 is 0 Å². The molecule has 0 saturated carbocycles. The van der Waals surface area contributed by atoms with Crippen molar-refractivity contribution in [2.75, 3.05) is 11.9 Å². The van der Waals surface area contributed by atoms with Crippen LogP contribution in [-0.2, 0) is 4.79 Å². The highest BCUT2D eigenvalue weighted by atomic mass is 16.3. The van der Waals surface area contributed by atoms with Crippen LogP contribution in [0.25, 0.3) is 0 Å². The van der Waals surface area contributed by atoms with Crippen LogP contribution in [0.1, 0.15) is 18.5 Å². The lowest BCUT2D eigenvalue weighted by Crippen LogP contribution is -2.15. The maximum absolute atomic E-state index is 10.8. The molecule has 1 aromatic rings. The second-order valence-electron chi connectivity index (χ2n) is 3.10. The summed E-state index contributed by atoms with van der Waals surface area (Å²) in [6.45, 7) is 1.34. The van der Waals surface area contributed by atoms with Crippen molar-refractivity contribution < 1.29 is 9.90 Å². The Hall–Kier alpha value is -1.39. The van der Waals surface area contributed by atoms with Crippen LogP contribution in [-0.4, -0.2) is 17.6 Å². The highest BCUT2D eigenvalue weighted by Crippen LogP contribution is 2.15. The van der Waals surface area contributed by atoms with Crippen LogP contribution in [0.3, 0.4) is 0 Å². The van der Waals surface area contributed by atoms with Gasteiger partial charge >= 0.3 is 0 Å². The molecule has 76 valence electrons. The molecule has 14 heavy (non-hydrogen) atoms. The summed E-state index contributed by atoms with van der Waals surface area (Å²) in [4.78, 5) is 10.8. The number of anilines is 1. The van der Waals surface area contributed by atoms with E-state index in [0.717, 1.165) is 5.56 Å². The third-order valence-electron chi connectivity index (χ3n) is 1.83. The summed E-state index contributed by atoms with van der Waals surface area (Å²) in [5.41, 5.74) is 7.13. The SMILES string of the molecule is CC(=O)Nc1cccc([C@H](N)CO)c1. The number of hydrogen-bond donors (Lipinski definition) is 3. The molecule has 0 bridgehead atoms. The number of amides is 1. The molecule has 0 aliphatic heterocycles. The first-order valence-electron chi connectivity index (χ1n) is 4.37. The van der Waals surface area contributed by atoms with Crippen LogP contribution < -0.4 is 11.1 Å². The van der Waals surface area contributed by atoms with Gasteiger partial charge in [0.05, 0.1) is 12.6 Å². The summed E-state index contributed by atoms with van der Waals surface area (Å²) < 4.78 is 0. The van der Waals surface area contributed by atoms with Gasteiger partial charge in [0.25, 0.3) is 0 Å². The van der Waals surface area contributed by atoms with Crippen molar-refractivity contribution in [1.82, 2.24) is 0 Å². The average Bonchev–Trinajstić information content (AvgIpc) is 2.16. The lowest BCUT2D eigenvalue weighted by molar-refractivity contribution is -0.114. The molecule has 4 nitrogen and oxygen atoms in total. The van der Waals surface area contributed by atoms with Gasteiger partial charge in [0.1, 0.15) is 0 Å². The van der Waals surface area contributed by atoms with Crippen LogP contribution in [0.5, 0.6) is 0 Å². The zero-order valence-electron chi connectivity index (χ0n) is 8.03. The second kappa shape index (κ2) is 4.74. The predicted molar refractivity (Wildman–Crippen MR) is 54.8 cm³/mol. The van der Waals surface area contributed by atoms with Crippen LogP contribution in [0.4, 0.5) is 5.69 Å². The molecular formula is C10H14N2O2. The Balaban J connectivity index is 2.83. The van der Waals surface area contributed by atoms with E-state index in [4.69, 9.17) is 10.8 Å². The number of nitrogens with one attached hydrogen (secondary N) is 1. The molecule has 1 atom stereocenters. The third-order valence-corrected chi connectivity index (χ3v) is 1.83. The molecule has 1 aromatic carbocycles. The molecule has 1 rings (SSSR count). The van der Waals surface area contributed by atoms with Gasteiger partial charge in [-0.05, 0) is 17.7 Å². The molecule has 0 heterocycles. The van der Waals surface area contributed by atoms with Gasteiger partial charge in [-0.15, -0.1) is 0 Å². The van der Waals surface area contributed by atoms with Gasteiger partial charge < -0.3 is 16.2 Å². The first kappa shape index (κ1) is 10.7. The minimum atomic E-state index is -0.399. The van der Waals surface area contributed by atoms with E-state index < -0.39 is 6.04 Å². The third kappa shape index (κ3) is 2.83. The molecule has 4 heteroatoms. The van der Waals surface area contributed by atoms with Crippen LogP contribution in [0.2, 0.25) is 0 Å². The molecule has 0 unspecified atom stereocenters. The summed E-state index contributed by atoms with van der Waals surface area (Å²) >= 11 is 0. The van der Waals surface area contributed by atoms with E-state index in [1.165, 1.54) is 6.92 Å². The standard InChI is InChI=1S/C10H14N2O2/c1-7(14)12-9-4-2-3-8(5-9)10(11)6-13/h2-5,10,13H,6,11H2,1H3,(H,12,14)/t10-/m1/s1. The molecule has 0 radical (unpaired) electrons. The first-order chi connectivity index (χ1) is 6.63. The van der Waals surface area contributed by atoms with E-state index in [1.807, 2.05) is 6.07 Å². The minimum Gasteiger partial charge on any atom is -0.394 e. The molecule has 0 saturated heterocycles. The molecule has 0 aromatic heterocycles. The number of nitrogens with two attached hydrogens (primary N) is 1. The van der Waals surface area contributed by atoms with Crippen LogP contribution >= 0.6 is 0 Å². The van der Waals surface area contributed by atoms with E-state index in [9.17, 15) is 4.79 Å². The van der Waals surface area contributed by atoms with Gasteiger partial charge in [-0.25, -0.2) is 0 Å². The molecular weight excluding hydrogens is 180 g/mol. The van der Waals surface area contributed by atoms with Crippen molar-refractivity contribution in [1.29, 1.82) is 0 Å². The predicted octanol–water partition coefficient (Wildman–Crippen LogP) is 0.637. The maximum atomic E-state index is 10.8. The smallest absolute Gasteiger partial charge is 0.221 e. The fourth-order valence-electron chi connectivity index (χ4n) is 1.16. The number of carbonyl (C=O) groups excluding carboxylic acids is 1. The van der Waals surface area contributed by atoms with Crippen molar-refractivity contribution >= 4 is 11.6 Å². The number of rotatable bonds is 3. The van der Waals surface area contributed by atoms with Gasteiger partial charge in [-0.3, -0.25) is 4.79 Å². The van der Waals surface area contributed by atoms with Gasteiger partial charge in [0.2, 0.25) is 5.91 Å². The topological polar surface area (TPSA) is 75.4 Å². The minimum absolute atomic E-state index is 0.108. The Kier molecular flexibility index (Phi) is 3.62. The zero-order valence-corrected chi connectivity index (χ0v) is 8.03. The van der Waals surface area contributed by atoms with Gasteiger partial charge in [-0.1, -0.05) is 12.1 Å². The Morgan fingerprint density at radius 1 is 1.64 bits per heavy atom. The van der Waals surface area contributed by atoms with Crippen molar-refractivity contribution in [3.63, 3.8) is 0 Å². The normalized spacial score (nSPS) is 12.2. The summed E-state index contributed by atoms with van der Waals surface area (Å²) in [6.07, 6.45) is 0. The fraction of sp³-hybridized carbons (Fsp3) is 0.300. The van der Waals surface area contributed by atoms with Crippen molar-refractivity contribution in [3.8, 4) is 0 Å². The van der Waals surface area contributed by atoms with Crippen molar-refractivity contribution in [2.45, 2.75) is 13.0 Å². The quantitative estimate of drug-likeness (QED) is 0.660. The van der Waals surface area contributed by atoms with Gasteiger partial charge in [0.15, 0.2) is 0 Å². The van der Waals surface area contributed by atoms with E-state index in [-0.39, 0.29) is 12.5 Å². The summed E-state index contributed by atoms with van der Waals surface area (Å²) in [6, 6.07) is 6.73. The molecule has 0 spiro atoms. The largest absolute Gasteiger partial charge is 0.394 e. The summed E-state index contributed by atoms with van der Waals surface area (Å²) in [7, 11) is 0. The summed E-state index contributed by atoms with van der Waals surface area (Å²) in [5.74, 6) is -0.125. The van der Waals surface area contributed by atoms with E-state index in [0.29, 0.717) is 5.69 Å². The Bertz CT molecular complexity index is 326. The highest BCUT2D eigenvalue weighted by Gasteiger charge is 2.04. The lowest BCUT2D eigenvalue weighted by atomic mass is 10.1. The van der Waals surface area contributed by atoms with Crippen LogP contribution in [0.15, 0.2) is 24.3 Å². The van der Waals surface area contributed by atoms with Crippen molar-refractivity contribution in [3.05, 3.63) is 29.8 Å². The molecule has 0 aliphatic rings. The fourth-order valence-corrected chi connectivity index (χ4v) is 1.16. The van der Waals surface area contributed by atoms with Gasteiger partial charge in [-0.2, -0.15) is 0 Å². The maximum Gasteiger partial charge on any atom is 0.221 e. The van der Waals surface area contributed by atoms with Crippen molar-refractivity contribution in [2.24, 2.45) is 5.73 Å². The van der Waals surface area contributed by atoms with E-state index in [2.05, 4.69) is 5.32 Å². The Morgan fingerprint density at radius 3 is 2.93 bits per heavy atom. The Labute approximate surface area is 82.7 Å². The average molecular weight is 194 g/mol. The molecule has 0 fully saturated rings. The monoisotopic (exact) mass is 194 g/mol. The molecule has 0 aliphatic carbocycles. The summed E-state index contributed by atoms with van der Waals surface area (Å²) in [5, 5.41) is 11.5. The number of benzene rings is 1. The second-order valence-corrected chi connectivity index (χ2v) is 3.10. The highest BCUT2D eigenvalue weighted by molar-refractivity contribution is 5.88. The Morgan fingerprint density at radius 2 is 2.36 bits per heavy atom. The lowest BCUT2D eigenvalue weighted by Gasteiger charge is -2.10. The van der Waals surface area contributed by atoms with Gasteiger partial charge in [0, 0.05) is 12.6 Å². The molecule has 1 amide bonds. The number of aliphatic hydroxyl groups is 1. The zero-order chi connectivity index (χ0) is 10.6. The number of aliphatic hydroxyl groups excluding tert-OH is 1. The van der Waals surface area contributed by atoms with Crippen LogP contribution in [0, 0.1) is 0 Å². The number of carbonyl (C=O) groups is 1. The van der Waals surface area contributed by atoms with E-state index in [1.54, 1.807) is 18.2 Å². The first-order valence-corrected chi connectivity index (χ1v) is 4.37.